The van der Waals surface area contributed by atoms with Gasteiger partial charge in [-0.3, -0.25) is 48.1 Å². The Hall–Kier alpha value is -5.98. The first-order valence-electron chi connectivity index (χ1n) is 23.4. The topological polar surface area (TPSA) is 352 Å². The Kier molecular flexibility index (Phi) is 22.8. The summed E-state index contributed by atoms with van der Waals surface area (Å²) in [6.45, 7) is 6.59. The molecule has 8 atom stereocenters. The molecule has 9 amide bonds. The minimum absolute atomic E-state index is 0.0218. The molecule has 0 bridgehead atoms. The molecule has 2 aliphatic rings. The van der Waals surface area contributed by atoms with Gasteiger partial charge in [-0.25, -0.2) is 0 Å². The number of aliphatic hydroxyl groups excluding tert-OH is 1. The number of β-amino-alcohol motifs (C(OH)–C–C–N with tert-alkyl or cyclic N) is 1. The fraction of sp³-hybridized carbons (Fsp3) is 0.565. The molecule has 2 saturated heterocycles. The second-order valence-corrected chi connectivity index (χ2v) is 20.7. The Labute approximate surface area is 425 Å². The van der Waals surface area contributed by atoms with E-state index < -0.39 is 114 Å². The summed E-state index contributed by atoms with van der Waals surface area (Å²) in [6, 6.07) is 0.772. The Morgan fingerprint density at radius 3 is 2.15 bits per heavy atom. The summed E-state index contributed by atoms with van der Waals surface area (Å²) in [4.78, 5) is 130. The van der Waals surface area contributed by atoms with Gasteiger partial charge >= 0.3 is 0 Å². The molecule has 71 heavy (non-hydrogen) atoms. The number of rotatable bonds is 16. The zero-order chi connectivity index (χ0) is 52.4. The smallest absolute Gasteiger partial charge is 0.246 e. The van der Waals surface area contributed by atoms with Gasteiger partial charge in [-0.2, -0.15) is 11.8 Å². The lowest BCUT2D eigenvalue weighted by molar-refractivity contribution is -0.142. The number of likely N-dealkylation sites (tertiary alicyclic amines) is 1. The minimum Gasteiger partial charge on any atom is -0.391 e. The summed E-state index contributed by atoms with van der Waals surface area (Å²) in [5.74, 6) is -7.50. The van der Waals surface area contributed by atoms with Crippen molar-refractivity contribution in [1.82, 2.24) is 42.1 Å². The number of aliphatic hydroxyl groups is 1. The fourth-order valence-electron chi connectivity index (χ4n) is 7.82. The van der Waals surface area contributed by atoms with Gasteiger partial charge in [0.25, 0.3) is 0 Å². The Morgan fingerprint density at radius 2 is 1.52 bits per heavy atom. The molecule has 4 rings (SSSR count). The molecule has 2 fully saturated rings. The monoisotopic (exact) mass is 1050 g/mol. The van der Waals surface area contributed by atoms with Gasteiger partial charge < -0.3 is 64.4 Å². The summed E-state index contributed by atoms with van der Waals surface area (Å²) >= 11 is 8.63. The molecule has 0 radical (unpaired) electrons. The van der Waals surface area contributed by atoms with Crippen molar-refractivity contribution in [2.45, 2.75) is 134 Å². The number of thiophene rings is 1. The molecule has 390 valence electrons. The number of benzene rings is 1. The number of nitrogens with zero attached hydrogens (tertiary/aromatic N) is 2. The minimum atomic E-state index is -1.66. The van der Waals surface area contributed by atoms with Gasteiger partial charge in [0, 0.05) is 60.5 Å². The van der Waals surface area contributed by atoms with E-state index in [-0.39, 0.29) is 75.1 Å². The molecule has 1 aromatic heterocycles. The van der Waals surface area contributed by atoms with E-state index in [1.165, 1.54) is 23.1 Å². The zero-order valence-electron chi connectivity index (χ0n) is 40.2. The SMILES string of the molecule is CC(C)NC(=O)[C@@H](CCCN=C(N)N)NC(=O)[C@@H]1C[C@@H](O)CN1C(=O)[C@@H]1CSCCCC(=O)N[C@@H](Cc2ccc(Cl)cc2)C(=O)N[C@@H](Cc2cccs2)C(=O)N[C@@H](C(C)C)C(=O)N[C@@H](CC(N)=O)C(=O)N1. The average Bonchev–Trinajstić information content (AvgIpc) is 3.96. The first-order chi connectivity index (χ1) is 33.6. The van der Waals surface area contributed by atoms with Crippen LogP contribution in [0.3, 0.4) is 0 Å². The van der Waals surface area contributed by atoms with Gasteiger partial charge in [0.15, 0.2) is 5.96 Å². The predicted octanol–water partition coefficient (Wildman–Crippen LogP) is -1.31. The maximum atomic E-state index is 14.6. The third-order valence-corrected chi connectivity index (χ3v) is 13.7. The first-order valence-corrected chi connectivity index (χ1v) is 25.8. The number of nitrogens with two attached hydrogens (primary N) is 3. The fourth-order valence-corrected chi connectivity index (χ4v) is 9.67. The van der Waals surface area contributed by atoms with Crippen molar-refractivity contribution in [2.24, 2.45) is 28.1 Å². The summed E-state index contributed by atoms with van der Waals surface area (Å²) in [5, 5.41) is 32.0. The van der Waals surface area contributed by atoms with Crippen LogP contribution in [0.2, 0.25) is 5.02 Å². The second-order valence-electron chi connectivity index (χ2n) is 18.1. The van der Waals surface area contributed by atoms with Crippen LogP contribution in [0.5, 0.6) is 0 Å². The maximum absolute atomic E-state index is 14.6. The van der Waals surface area contributed by atoms with E-state index >= 15 is 0 Å². The average molecular weight is 1050 g/mol. The molecule has 0 spiro atoms. The van der Waals surface area contributed by atoms with Crippen LogP contribution in [0.1, 0.15) is 76.7 Å². The highest BCUT2D eigenvalue weighted by molar-refractivity contribution is 7.99. The summed E-state index contributed by atoms with van der Waals surface area (Å²) in [6.07, 6.45) is -1.45. The third kappa shape index (κ3) is 18.9. The Morgan fingerprint density at radius 1 is 0.859 bits per heavy atom. The lowest BCUT2D eigenvalue weighted by atomic mass is 10.0. The second kappa shape index (κ2) is 28.2. The van der Waals surface area contributed by atoms with E-state index in [1.807, 2.05) is 0 Å². The van der Waals surface area contributed by atoms with E-state index in [0.717, 1.165) is 9.78 Å². The van der Waals surface area contributed by atoms with Crippen LogP contribution < -0.4 is 54.4 Å². The summed E-state index contributed by atoms with van der Waals surface area (Å²) < 4.78 is 0. The van der Waals surface area contributed by atoms with Crippen molar-refractivity contribution in [2.75, 3.05) is 24.6 Å². The van der Waals surface area contributed by atoms with E-state index in [9.17, 15) is 48.3 Å². The third-order valence-electron chi connectivity index (χ3n) is 11.4. The van der Waals surface area contributed by atoms with Crippen molar-refractivity contribution in [3.8, 4) is 0 Å². The molecule has 14 N–H and O–H groups in total. The number of guanidine groups is 1. The molecule has 25 heteroatoms. The van der Waals surface area contributed by atoms with Crippen LogP contribution in [0.15, 0.2) is 46.8 Å². The van der Waals surface area contributed by atoms with Gasteiger partial charge in [-0.1, -0.05) is 43.6 Å². The molecule has 0 unspecified atom stereocenters. The van der Waals surface area contributed by atoms with E-state index in [4.69, 9.17) is 28.8 Å². The number of aliphatic imine (C=N–C) groups is 1. The first kappa shape index (κ1) is 57.6. The highest BCUT2D eigenvalue weighted by atomic mass is 35.5. The molecule has 2 aromatic rings. The molecular formula is C46H67ClN12O10S2. The Bertz CT molecular complexity index is 2210. The normalized spacial score (nSPS) is 23.6. The van der Waals surface area contributed by atoms with E-state index in [2.05, 4.69) is 42.2 Å². The van der Waals surface area contributed by atoms with Crippen molar-refractivity contribution < 1.29 is 48.3 Å². The number of carbonyl (C=O) groups excluding carboxylic acids is 9. The van der Waals surface area contributed by atoms with Crippen LogP contribution in [0.4, 0.5) is 0 Å². The number of nitrogens with one attached hydrogen (secondary N) is 7. The molecule has 1 aromatic carbocycles. The van der Waals surface area contributed by atoms with Crippen molar-refractivity contribution in [1.29, 1.82) is 0 Å². The van der Waals surface area contributed by atoms with Crippen LogP contribution in [-0.2, 0) is 56.0 Å². The number of hydrogen-bond donors (Lipinski definition) is 11. The number of carbonyl (C=O) groups is 9. The quantitative estimate of drug-likeness (QED) is 0.0530. The molecule has 3 heterocycles. The zero-order valence-corrected chi connectivity index (χ0v) is 42.6. The largest absolute Gasteiger partial charge is 0.391 e. The van der Waals surface area contributed by atoms with Gasteiger partial charge in [-0.15, -0.1) is 11.3 Å². The van der Waals surface area contributed by atoms with Crippen molar-refractivity contribution in [3.05, 3.63) is 57.2 Å². The highest BCUT2D eigenvalue weighted by Gasteiger charge is 2.43. The maximum Gasteiger partial charge on any atom is 0.246 e. The van der Waals surface area contributed by atoms with Crippen LogP contribution in [-0.4, -0.2) is 148 Å². The van der Waals surface area contributed by atoms with E-state index in [0.29, 0.717) is 17.0 Å². The van der Waals surface area contributed by atoms with Crippen LogP contribution in [0.25, 0.3) is 0 Å². The van der Waals surface area contributed by atoms with Crippen molar-refractivity contribution >= 4 is 93.8 Å². The molecule has 0 aliphatic carbocycles. The molecular weight excluding hydrogens is 980 g/mol. The number of halogens is 1. The molecule has 0 saturated carbocycles. The van der Waals surface area contributed by atoms with Crippen molar-refractivity contribution in [3.63, 3.8) is 0 Å². The van der Waals surface area contributed by atoms with E-state index in [1.54, 1.807) is 69.5 Å². The van der Waals surface area contributed by atoms with Gasteiger partial charge in [0.05, 0.1) is 12.5 Å². The van der Waals surface area contributed by atoms with Gasteiger partial charge in [-0.05, 0) is 73.9 Å². The lowest BCUT2D eigenvalue weighted by Crippen LogP contribution is -2.61. The number of hydrogen-bond acceptors (Lipinski definition) is 13. The Balaban J connectivity index is 1.67. The number of amides is 9. The molecule has 2 aliphatic heterocycles. The summed E-state index contributed by atoms with van der Waals surface area (Å²) in [5.41, 5.74) is 17.1. The predicted molar refractivity (Wildman–Crippen MR) is 269 cm³/mol. The lowest BCUT2D eigenvalue weighted by Gasteiger charge is -2.31. The highest BCUT2D eigenvalue weighted by Crippen LogP contribution is 2.22. The summed E-state index contributed by atoms with van der Waals surface area (Å²) in [7, 11) is 0. The number of thioether (sulfide) groups is 1. The standard InChI is InChI=1S/C46H67ClN12O10S2/c1-24(2)38-44(68)56-33(21-36(48)61)41(65)57-34(45(69)59-22-28(60)19-35(59)43(67)54-30(39(63)52-25(3)4)9-5-15-51-46(49)50)23-70-16-7-10-37(62)53-31(18-26-11-13-27(47)14-12-26)40(64)55-32(42(66)58-38)20-29-8-6-17-71-29/h6,8,11-14,17,24-25,28,30-35,38,60H,5,7,9-10,15-16,18-23H2,1-4H3,(H2,48,61)(H,52,63)(H,53,62)(H,54,67)(H,55,64)(H,56,68)(H,57,65)(H,58,66)(H4,49,50,51)/t28-,30-,31+,32+,33+,34+,35+,38+/m1/s1. The van der Waals surface area contributed by atoms with Gasteiger partial charge in [0.2, 0.25) is 53.2 Å². The van der Waals surface area contributed by atoms with Crippen LogP contribution in [0, 0.1) is 5.92 Å². The number of primary amides is 1. The molecule has 22 nitrogen and oxygen atoms in total. The van der Waals surface area contributed by atoms with Gasteiger partial charge in [0.1, 0.15) is 42.3 Å². The van der Waals surface area contributed by atoms with Crippen LogP contribution >= 0.6 is 34.7 Å².